The van der Waals surface area contributed by atoms with E-state index in [2.05, 4.69) is 4.98 Å². The van der Waals surface area contributed by atoms with Crippen LogP contribution in [0.3, 0.4) is 0 Å². The van der Waals surface area contributed by atoms with Crippen LogP contribution in [0.15, 0.2) is 36.7 Å². The standard InChI is InChI=1S/C13H10N2O/c1-9-7-12-14-5-6-15(12)13-10(8-16)3-2-4-11(9)13/h2-8H,1H3. The first kappa shape index (κ1) is 9.09. The van der Waals surface area contributed by atoms with Gasteiger partial charge in [-0.25, -0.2) is 4.98 Å². The maximum Gasteiger partial charge on any atom is 0.152 e. The van der Waals surface area contributed by atoms with E-state index >= 15 is 0 Å². The number of carbonyl (C=O) groups excluding carboxylic acids is 1. The molecule has 0 unspecified atom stereocenters. The van der Waals surface area contributed by atoms with Crippen LogP contribution in [0.25, 0.3) is 16.6 Å². The van der Waals surface area contributed by atoms with Gasteiger partial charge in [-0.2, -0.15) is 0 Å². The van der Waals surface area contributed by atoms with Crippen molar-refractivity contribution < 1.29 is 4.79 Å². The highest BCUT2D eigenvalue weighted by Crippen LogP contribution is 2.23. The molecule has 0 aliphatic heterocycles. The molecule has 2 aromatic heterocycles. The van der Waals surface area contributed by atoms with Gasteiger partial charge in [0.1, 0.15) is 5.65 Å². The van der Waals surface area contributed by atoms with Crippen molar-refractivity contribution in [2.75, 3.05) is 0 Å². The molecule has 1 aromatic carbocycles. The highest BCUT2D eigenvalue weighted by molar-refractivity contribution is 5.98. The molecule has 3 nitrogen and oxygen atoms in total. The summed E-state index contributed by atoms with van der Waals surface area (Å²) in [4.78, 5) is 15.3. The fourth-order valence-electron chi connectivity index (χ4n) is 2.13. The Kier molecular flexibility index (Phi) is 1.80. The molecule has 0 bridgehead atoms. The van der Waals surface area contributed by atoms with Crippen molar-refractivity contribution in [1.82, 2.24) is 9.38 Å². The van der Waals surface area contributed by atoms with Crippen molar-refractivity contribution in [2.24, 2.45) is 0 Å². The van der Waals surface area contributed by atoms with Crippen molar-refractivity contribution in [3.8, 4) is 0 Å². The summed E-state index contributed by atoms with van der Waals surface area (Å²) in [5, 5.41) is 1.09. The third-order valence-electron chi connectivity index (χ3n) is 2.87. The van der Waals surface area contributed by atoms with Gasteiger partial charge < -0.3 is 0 Å². The lowest BCUT2D eigenvalue weighted by Crippen LogP contribution is -1.94. The van der Waals surface area contributed by atoms with E-state index in [4.69, 9.17) is 0 Å². The van der Waals surface area contributed by atoms with Gasteiger partial charge in [0, 0.05) is 23.3 Å². The maximum atomic E-state index is 11.1. The predicted octanol–water partition coefficient (Wildman–Crippen LogP) is 2.61. The van der Waals surface area contributed by atoms with E-state index in [1.165, 1.54) is 0 Å². The molecule has 0 aliphatic carbocycles. The fraction of sp³-hybridized carbons (Fsp3) is 0.0769. The second-order valence-electron chi connectivity index (χ2n) is 3.84. The minimum absolute atomic E-state index is 0.698. The van der Waals surface area contributed by atoms with Gasteiger partial charge in [0.05, 0.1) is 5.52 Å². The zero-order valence-electron chi connectivity index (χ0n) is 8.84. The number of aromatic nitrogens is 2. The van der Waals surface area contributed by atoms with Gasteiger partial charge in [0.15, 0.2) is 6.29 Å². The van der Waals surface area contributed by atoms with Crippen molar-refractivity contribution in [2.45, 2.75) is 6.92 Å². The predicted molar refractivity (Wildman–Crippen MR) is 62.8 cm³/mol. The summed E-state index contributed by atoms with van der Waals surface area (Å²) < 4.78 is 1.95. The van der Waals surface area contributed by atoms with Crippen LogP contribution in [-0.4, -0.2) is 15.7 Å². The third kappa shape index (κ3) is 1.08. The third-order valence-corrected chi connectivity index (χ3v) is 2.87. The Labute approximate surface area is 92.3 Å². The van der Waals surface area contributed by atoms with Crippen molar-refractivity contribution in [3.05, 3.63) is 47.8 Å². The molecule has 78 valence electrons. The molecule has 0 aliphatic rings. The first-order chi connectivity index (χ1) is 7.81. The number of rotatable bonds is 1. The number of hydrogen-bond donors (Lipinski definition) is 0. The second-order valence-corrected chi connectivity index (χ2v) is 3.84. The molecule has 0 fully saturated rings. The molecule has 0 spiro atoms. The van der Waals surface area contributed by atoms with Gasteiger partial charge in [0.25, 0.3) is 0 Å². The zero-order valence-corrected chi connectivity index (χ0v) is 8.84. The van der Waals surface area contributed by atoms with Gasteiger partial charge in [-0.3, -0.25) is 9.20 Å². The summed E-state index contributed by atoms with van der Waals surface area (Å²) in [6, 6.07) is 7.78. The van der Waals surface area contributed by atoms with Crippen LogP contribution in [0.5, 0.6) is 0 Å². The monoisotopic (exact) mass is 210 g/mol. The number of aryl methyl sites for hydroxylation is 1. The molecular formula is C13H10N2O. The Hall–Kier alpha value is -2.16. The van der Waals surface area contributed by atoms with E-state index in [0.717, 1.165) is 28.4 Å². The van der Waals surface area contributed by atoms with E-state index < -0.39 is 0 Å². The van der Waals surface area contributed by atoms with E-state index in [-0.39, 0.29) is 0 Å². The summed E-state index contributed by atoms with van der Waals surface area (Å²) >= 11 is 0. The minimum Gasteiger partial charge on any atom is -0.299 e. The van der Waals surface area contributed by atoms with E-state index in [1.54, 1.807) is 6.20 Å². The number of hydrogen-bond acceptors (Lipinski definition) is 2. The molecule has 16 heavy (non-hydrogen) atoms. The second kappa shape index (κ2) is 3.17. The minimum atomic E-state index is 0.698. The van der Waals surface area contributed by atoms with Crippen molar-refractivity contribution >= 4 is 22.8 Å². The van der Waals surface area contributed by atoms with Crippen LogP contribution in [-0.2, 0) is 0 Å². The molecule has 3 rings (SSSR count). The molecule has 3 heteroatoms. The average molecular weight is 210 g/mol. The quantitative estimate of drug-likeness (QED) is 0.578. The number of carbonyl (C=O) groups is 1. The zero-order chi connectivity index (χ0) is 11.1. The lowest BCUT2D eigenvalue weighted by Gasteiger charge is -2.07. The van der Waals surface area contributed by atoms with Crippen molar-refractivity contribution in [1.29, 1.82) is 0 Å². The van der Waals surface area contributed by atoms with Gasteiger partial charge in [-0.05, 0) is 24.6 Å². The molecule has 2 heterocycles. The Bertz CT molecular complexity index is 698. The average Bonchev–Trinajstić information content (AvgIpc) is 2.76. The van der Waals surface area contributed by atoms with Gasteiger partial charge in [-0.1, -0.05) is 12.1 Å². The number of benzene rings is 1. The number of imidazole rings is 1. The van der Waals surface area contributed by atoms with Crippen LogP contribution in [0.1, 0.15) is 15.9 Å². The summed E-state index contributed by atoms with van der Waals surface area (Å²) in [6.07, 6.45) is 4.51. The normalized spacial score (nSPS) is 11.1. The van der Waals surface area contributed by atoms with Gasteiger partial charge in [0.2, 0.25) is 0 Å². The summed E-state index contributed by atoms with van der Waals surface area (Å²) in [7, 11) is 0. The highest BCUT2D eigenvalue weighted by atomic mass is 16.1. The molecule has 0 atom stereocenters. The van der Waals surface area contributed by atoms with Crippen molar-refractivity contribution in [3.63, 3.8) is 0 Å². The molecule has 0 radical (unpaired) electrons. The summed E-state index contributed by atoms with van der Waals surface area (Å²) in [5.41, 5.74) is 3.64. The molecule has 0 saturated heterocycles. The Balaban J connectivity index is 2.67. The van der Waals surface area contributed by atoms with Crippen LogP contribution >= 0.6 is 0 Å². The molecule has 0 saturated carbocycles. The van der Waals surface area contributed by atoms with Crippen LogP contribution < -0.4 is 0 Å². The Morgan fingerprint density at radius 2 is 2.25 bits per heavy atom. The molecule has 0 N–H and O–H groups in total. The van der Waals surface area contributed by atoms with Crippen LogP contribution in [0.4, 0.5) is 0 Å². The summed E-state index contributed by atoms with van der Waals surface area (Å²) in [5.74, 6) is 0. The van der Waals surface area contributed by atoms with E-state index in [1.807, 2.05) is 41.8 Å². The lowest BCUT2D eigenvalue weighted by atomic mass is 10.1. The van der Waals surface area contributed by atoms with E-state index in [0.29, 0.717) is 5.56 Å². The highest BCUT2D eigenvalue weighted by Gasteiger charge is 2.07. The van der Waals surface area contributed by atoms with Gasteiger partial charge >= 0.3 is 0 Å². The van der Waals surface area contributed by atoms with Gasteiger partial charge in [-0.15, -0.1) is 0 Å². The number of nitrogens with zero attached hydrogens (tertiary/aromatic N) is 2. The smallest absolute Gasteiger partial charge is 0.152 e. The number of para-hydroxylation sites is 1. The molecule has 3 aromatic rings. The maximum absolute atomic E-state index is 11.1. The first-order valence-corrected chi connectivity index (χ1v) is 5.12. The number of pyridine rings is 1. The molecular weight excluding hydrogens is 200 g/mol. The number of aldehydes is 1. The SMILES string of the molecule is Cc1cc2nccn2c2c(C=O)cccc12. The number of fused-ring (bicyclic) bond motifs is 3. The topological polar surface area (TPSA) is 34.4 Å². The van der Waals surface area contributed by atoms with E-state index in [9.17, 15) is 4.79 Å². The Morgan fingerprint density at radius 1 is 1.38 bits per heavy atom. The fourth-order valence-corrected chi connectivity index (χ4v) is 2.13. The van der Waals surface area contributed by atoms with Crippen LogP contribution in [0.2, 0.25) is 0 Å². The largest absolute Gasteiger partial charge is 0.299 e. The molecule has 0 amide bonds. The lowest BCUT2D eigenvalue weighted by molar-refractivity contribution is 0.112. The van der Waals surface area contributed by atoms with Crippen LogP contribution in [0, 0.1) is 6.92 Å². The first-order valence-electron chi connectivity index (χ1n) is 5.12. The Morgan fingerprint density at radius 3 is 3.06 bits per heavy atom. The summed E-state index contributed by atoms with van der Waals surface area (Å²) in [6.45, 7) is 2.03.